The fourth-order valence-corrected chi connectivity index (χ4v) is 2.79. The lowest BCUT2D eigenvalue weighted by Gasteiger charge is -2.02. The maximum Gasteiger partial charge on any atom is 0.365 e. The van der Waals surface area contributed by atoms with Crippen molar-refractivity contribution in [1.29, 1.82) is 0 Å². The average molecular weight is 376 g/mol. The number of halogens is 1. The SMILES string of the molecule is O=C(O/N=C1/C(=C\c2ccc(Cl)cc2)Oc2ccccc21)c1ccccc1. The minimum absolute atomic E-state index is 0.428. The van der Waals surface area contributed by atoms with Gasteiger partial charge in [0.2, 0.25) is 0 Å². The summed E-state index contributed by atoms with van der Waals surface area (Å²) in [5, 5.41) is 4.74. The summed E-state index contributed by atoms with van der Waals surface area (Å²) >= 11 is 5.94. The van der Waals surface area contributed by atoms with Crippen molar-refractivity contribution >= 4 is 29.4 Å². The number of para-hydroxylation sites is 1. The van der Waals surface area contributed by atoms with E-state index in [1.807, 2.05) is 48.5 Å². The van der Waals surface area contributed by atoms with Crippen molar-refractivity contribution in [3.05, 3.63) is 106 Å². The number of allylic oxidation sites excluding steroid dienone is 1. The number of carbonyl (C=O) groups excluding carboxylic acids is 1. The van der Waals surface area contributed by atoms with Crippen LogP contribution in [0.1, 0.15) is 21.5 Å². The van der Waals surface area contributed by atoms with Crippen LogP contribution in [0.25, 0.3) is 6.08 Å². The van der Waals surface area contributed by atoms with Crippen LogP contribution >= 0.6 is 11.6 Å². The summed E-state index contributed by atoms with van der Waals surface area (Å²) < 4.78 is 5.90. The summed E-state index contributed by atoms with van der Waals surface area (Å²) in [5.74, 6) is 0.630. The van der Waals surface area contributed by atoms with E-state index in [2.05, 4.69) is 5.16 Å². The number of rotatable bonds is 3. The number of benzene rings is 3. The molecule has 3 aromatic rings. The van der Waals surface area contributed by atoms with Gasteiger partial charge >= 0.3 is 5.97 Å². The van der Waals surface area contributed by atoms with Crippen molar-refractivity contribution in [2.45, 2.75) is 0 Å². The highest BCUT2D eigenvalue weighted by Gasteiger charge is 2.26. The third-order valence-electron chi connectivity index (χ3n) is 3.99. The first kappa shape index (κ1) is 17.1. The molecule has 0 bridgehead atoms. The molecule has 27 heavy (non-hydrogen) atoms. The second-order valence-electron chi connectivity index (χ2n) is 5.84. The van der Waals surface area contributed by atoms with Gasteiger partial charge < -0.3 is 9.57 Å². The van der Waals surface area contributed by atoms with Crippen LogP contribution in [0.15, 0.2) is 89.8 Å². The number of carbonyl (C=O) groups is 1. The van der Waals surface area contributed by atoms with Crippen LogP contribution in [0.5, 0.6) is 5.75 Å². The molecule has 0 saturated carbocycles. The number of nitrogens with zero attached hydrogens (tertiary/aromatic N) is 1. The normalized spacial score (nSPS) is 15.4. The third kappa shape index (κ3) is 3.76. The summed E-state index contributed by atoms with van der Waals surface area (Å²) in [6, 6.07) is 23.5. The highest BCUT2D eigenvalue weighted by atomic mass is 35.5. The molecule has 0 saturated heterocycles. The zero-order valence-corrected chi connectivity index (χ0v) is 14.9. The van der Waals surface area contributed by atoms with Gasteiger partial charge in [0.15, 0.2) is 11.5 Å². The van der Waals surface area contributed by atoms with Crippen molar-refractivity contribution in [2.24, 2.45) is 5.16 Å². The Morgan fingerprint density at radius 2 is 1.63 bits per heavy atom. The number of ether oxygens (including phenoxy) is 1. The van der Waals surface area contributed by atoms with Gasteiger partial charge in [-0.15, -0.1) is 0 Å². The van der Waals surface area contributed by atoms with Crippen molar-refractivity contribution in [2.75, 3.05) is 0 Å². The van der Waals surface area contributed by atoms with Gasteiger partial charge in [-0.05, 0) is 48.0 Å². The molecule has 0 atom stereocenters. The first-order valence-electron chi connectivity index (χ1n) is 8.30. The number of oxime groups is 1. The maximum atomic E-state index is 12.2. The van der Waals surface area contributed by atoms with Crippen molar-refractivity contribution in [1.82, 2.24) is 0 Å². The molecule has 0 amide bonds. The molecule has 0 aliphatic carbocycles. The molecule has 0 spiro atoms. The van der Waals surface area contributed by atoms with Gasteiger partial charge in [0.1, 0.15) is 5.75 Å². The van der Waals surface area contributed by atoms with E-state index in [9.17, 15) is 4.79 Å². The topological polar surface area (TPSA) is 47.9 Å². The molecule has 132 valence electrons. The number of hydrogen-bond acceptors (Lipinski definition) is 4. The second-order valence-corrected chi connectivity index (χ2v) is 6.28. The predicted molar refractivity (Wildman–Crippen MR) is 105 cm³/mol. The summed E-state index contributed by atoms with van der Waals surface area (Å²) in [7, 11) is 0. The minimum Gasteiger partial charge on any atom is -0.454 e. The molecule has 0 aromatic heterocycles. The molecule has 4 rings (SSSR count). The van der Waals surface area contributed by atoms with E-state index in [0.29, 0.717) is 27.8 Å². The van der Waals surface area contributed by atoms with E-state index >= 15 is 0 Å². The van der Waals surface area contributed by atoms with Gasteiger partial charge in [-0.2, -0.15) is 0 Å². The Labute approximate surface area is 161 Å². The molecule has 0 N–H and O–H groups in total. The highest BCUT2D eigenvalue weighted by Crippen LogP contribution is 2.32. The van der Waals surface area contributed by atoms with Crippen LogP contribution < -0.4 is 4.74 Å². The van der Waals surface area contributed by atoms with Gasteiger partial charge in [0.05, 0.1) is 11.1 Å². The van der Waals surface area contributed by atoms with E-state index in [4.69, 9.17) is 21.2 Å². The maximum absolute atomic E-state index is 12.2. The van der Waals surface area contributed by atoms with Crippen LogP contribution in [0.4, 0.5) is 0 Å². The fourth-order valence-electron chi connectivity index (χ4n) is 2.67. The monoisotopic (exact) mass is 375 g/mol. The molecular weight excluding hydrogens is 362 g/mol. The molecule has 3 aromatic carbocycles. The standard InChI is InChI=1S/C22H14ClNO3/c23-17-12-10-15(11-13-17)14-20-21(18-8-4-5-9-19(18)26-20)24-27-22(25)16-6-2-1-3-7-16/h1-14H/b20-14+,24-21+. The molecule has 1 aliphatic heterocycles. The molecule has 1 aliphatic rings. The third-order valence-corrected chi connectivity index (χ3v) is 4.24. The minimum atomic E-state index is -0.529. The van der Waals surface area contributed by atoms with Crippen LogP contribution in [0, 0.1) is 0 Å². The van der Waals surface area contributed by atoms with Gasteiger partial charge in [-0.1, -0.05) is 59.2 Å². The Morgan fingerprint density at radius 1 is 0.926 bits per heavy atom. The lowest BCUT2D eigenvalue weighted by molar-refractivity contribution is 0.0516. The van der Waals surface area contributed by atoms with Crippen LogP contribution in [0.3, 0.4) is 0 Å². The summed E-state index contributed by atoms with van der Waals surface area (Å²) in [5.41, 5.74) is 2.55. The van der Waals surface area contributed by atoms with E-state index < -0.39 is 5.97 Å². The Balaban J connectivity index is 1.67. The molecule has 0 fully saturated rings. The van der Waals surface area contributed by atoms with Gasteiger partial charge in [0.25, 0.3) is 0 Å². The smallest absolute Gasteiger partial charge is 0.365 e. The Kier molecular flexibility index (Phi) is 4.73. The summed E-state index contributed by atoms with van der Waals surface area (Å²) in [4.78, 5) is 17.4. The summed E-state index contributed by atoms with van der Waals surface area (Å²) in [6.45, 7) is 0. The zero-order chi connectivity index (χ0) is 18.6. The van der Waals surface area contributed by atoms with Crippen LogP contribution in [-0.4, -0.2) is 11.7 Å². The van der Waals surface area contributed by atoms with E-state index in [-0.39, 0.29) is 0 Å². The van der Waals surface area contributed by atoms with Crippen LogP contribution in [-0.2, 0) is 4.84 Å². The largest absolute Gasteiger partial charge is 0.454 e. The molecule has 5 heteroatoms. The second kappa shape index (κ2) is 7.48. The number of hydrogen-bond donors (Lipinski definition) is 0. The molecular formula is C22H14ClNO3. The Morgan fingerprint density at radius 3 is 2.41 bits per heavy atom. The highest BCUT2D eigenvalue weighted by molar-refractivity contribution is 6.30. The van der Waals surface area contributed by atoms with E-state index in [1.165, 1.54) is 0 Å². The van der Waals surface area contributed by atoms with E-state index in [0.717, 1.165) is 11.1 Å². The van der Waals surface area contributed by atoms with Crippen LogP contribution in [0.2, 0.25) is 5.02 Å². The average Bonchev–Trinajstić information content (AvgIpc) is 3.05. The first-order valence-corrected chi connectivity index (χ1v) is 8.68. The molecule has 1 heterocycles. The quantitative estimate of drug-likeness (QED) is 0.459. The molecule has 4 nitrogen and oxygen atoms in total. The van der Waals surface area contributed by atoms with Gasteiger partial charge in [-0.25, -0.2) is 4.79 Å². The van der Waals surface area contributed by atoms with Crippen molar-refractivity contribution in [3.8, 4) is 5.75 Å². The van der Waals surface area contributed by atoms with Gasteiger partial charge in [-0.3, -0.25) is 0 Å². The van der Waals surface area contributed by atoms with E-state index in [1.54, 1.807) is 36.4 Å². The first-order chi connectivity index (χ1) is 13.2. The fraction of sp³-hybridized carbons (Fsp3) is 0. The van der Waals surface area contributed by atoms with Crippen molar-refractivity contribution < 1.29 is 14.4 Å². The van der Waals surface area contributed by atoms with Gasteiger partial charge in [0, 0.05) is 5.02 Å². The lowest BCUT2D eigenvalue weighted by atomic mass is 10.1. The molecule has 0 radical (unpaired) electrons. The Hall–Kier alpha value is -3.37. The molecule has 0 unspecified atom stereocenters. The Bertz CT molecular complexity index is 1040. The zero-order valence-electron chi connectivity index (χ0n) is 14.1. The number of fused-ring (bicyclic) bond motifs is 1. The van der Waals surface area contributed by atoms with Crippen molar-refractivity contribution in [3.63, 3.8) is 0 Å². The lowest BCUT2D eigenvalue weighted by Crippen LogP contribution is -2.06. The predicted octanol–water partition coefficient (Wildman–Crippen LogP) is 5.33. The summed E-state index contributed by atoms with van der Waals surface area (Å²) in [6.07, 6.45) is 1.82.